The van der Waals surface area contributed by atoms with Gasteiger partial charge in [-0.05, 0) is 19.1 Å². The molecule has 0 radical (unpaired) electrons. The number of carbonyl (C=O) groups is 2. The fourth-order valence-corrected chi connectivity index (χ4v) is 2.93. The molecule has 2 heterocycles. The number of amides is 2. The monoisotopic (exact) mass is 284 g/mol. The van der Waals surface area contributed by atoms with E-state index in [-0.39, 0.29) is 12.6 Å². The Morgan fingerprint density at radius 3 is 3.00 bits per heavy atom. The molecule has 1 atom stereocenters. The first kappa shape index (κ1) is 13.8. The molecule has 1 aromatic heterocycles. The number of hydrogen-bond donors (Lipinski definition) is 2. The van der Waals surface area contributed by atoms with Gasteiger partial charge in [0.15, 0.2) is 0 Å². The van der Waals surface area contributed by atoms with Crippen LogP contribution >= 0.6 is 11.8 Å². The fourth-order valence-electron chi connectivity index (χ4n) is 1.90. The standard InChI is InChI=1S/C12H16N2O4S/c1-8-2-3-9(18-8)6-13-12(17)14-4-5-19-7-10(14)11(15)16/h2-3,10H,4-7H2,1H3,(H,13,17)(H,15,16). The van der Waals surface area contributed by atoms with E-state index in [9.17, 15) is 9.59 Å². The molecule has 0 aliphatic carbocycles. The summed E-state index contributed by atoms with van der Waals surface area (Å²) < 4.78 is 5.34. The van der Waals surface area contributed by atoms with E-state index in [0.717, 1.165) is 11.5 Å². The number of nitrogens with zero attached hydrogens (tertiary/aromatic N) is 1. The number of rotatable bonds is 3. The maximum Gasteiger partial charge on any atom is 0.327 e. The van der Waals surface area contributed by atoms with Crippen molar-refractivity contribution in [3.8, 4) is 0 Å². The topological polar surface area (TPSA) is 82.8 Å². The molecule has 1 aliphatic heterocycles. The molecule has 2 N–H and O–H groups in total. The molecule has 2 rings (SSSR count). The third-order valence-electron chi connectivity index (χ3n) is 2.88. The SMILES string of the molecule is Cc1ccc(CNC(=O)N2CCSCC2C(=O)O)o1. The Kier molecular flexibility index (Phi) is 4.36. The van der Waals surface area contributed by atoms with Gasteiger partial charge in [0.1, 0.15) is 17.6 Å². The lowest BCUT2D eigenvalue weighted by Gasteiger charge is -2.32. The second-order valence-corrected chi connectivity index (χ2v) is 5.44. The Bertz CT molecular complexity index is 474. The molecule has 1 aliphatic rings. The molecule has 1 saturated heterocycles. The van der Waals surface area contributed by atoms with E-state index in [2.05, 4.69) is 5.32 Å². The van der Waals surface area contributed by atoms with Crippen LogP contribution in [0.15, 0.2) is 16.5 Å². The Labute approximate surface area is 115 Å². The predicted octanol–water partition coefficient (Wildman–Crippen LogP) is 1.30. The van der Waals surface area contributed by atoms with E-state index in [4.69, 9.17) is 9.52 Å². The number of hydrogen-bond acceptors (Lipinski definition) is 4. The van der Waals surface area contributed by atoms with Crippen molar-refractivity contribution in [1.82, 2.24) is 10.2 Å². The molecular formula is C12H16N2O4S. The number of aryl methyl sites for hydroxylation is 1. The molecule has 6 nitrogen and oxygen atoms in total. The summed E-state index contributed by atoms with van der Waals surface area (Å²) in [4.78, 5) is 24.5. The summed E-state index contributed by atoms with van der Waals surface area (Å²) in [6.45, 7) is 2.54. The Morgan fingerprint density at radius 1 is 1.58 bits per heavy atom. The van der Waals surface area contributed by atoms with Crippen molar-refractivity contribution in [3.05, 3.63) is 23.7 Å². The lowest BCUT2D eigenvalue weighted by Crippen LogP contribution is -2.53. The van der Waals surface area contributed by atoms with Crippen LogP contribution in [0.4, 0.5) is 4.79 Å². The maximum absolute atomic E-state index is 12.0. The maximum atomic E-state index is 12.0. The molecule has 104 valence electrons. The number of aliphatic carboxylic acids is 1. The summed E-state index contributed by atoms with van der Waals surface area (Å²) in [6.07, 6.45) is 0. The quantitative estimate of drug-likeness (QED) is 0.874. The van der Waals surface area contributed by atoms with Crippen molar-refractivity contribution in [2.24, 2.45) is 0 Å². The highest BCUT2D eigenvalue weighted by Gasteiger charge is 2.32. The average molecular weight is 284 g/mol. The average Bonchev–Trinajstić information content (AvgIpc) is 2.81. The van der Waals surface area contributed by atoms with Crippen LogP contribution < -0.4 is 5.32 Å². The minimum absolute atomic E-state index is 0.267. The molecule has 7 heteroatoms. The van der Waals surface area contributed by atoms with Gasteiger partial charge >= 0.3 is 12.0 Å². The normalized spacial score (nSPS) is 19.2. The number of thioether (sulfide) groups is 1. The number of carboxylic acid groups (broad SMARTS) is 1. The molecule has 1 unspecified atom stereocenters. The summed E-state index contributed by atoms with van der Waals surface area (Å²) in [6, 6.07) is 2.49. The van der Waals surface area contributed by atoms with Gasteiger partial charge in [-0.2, -0.15) is 11.8 Å². The molecule has 19 heavy (non-hydrogen) atoms. The molecule has 1 fully saturated rings. The summed E-state index contributed by atoms with van der Waals surface area (Å²) in [5.41, 5.74) is 0. The smallest absolute Gasteiger partial charge is 0.327 e. The fraction of sp³-hybridized carbons (Fsp3) is 0.500. The van der Waals surface area contributed by atoms with Crippen LogP contribution in [0.1, 0.15) is 11.5 Å². The predicted molar refractivity (Wildman–Crippen MR) is 71.1 cm³/mol. The van der Waals surface area contributed by atoms with Gasteiger partial charge in [-0.15, -0.1) is 0 Å². The minimum Gasteiger partial charge on any atom is -0.480 e. The van der Waals surface area contributed by atoms with E-state index in [1.807, 2.05) is 13.0 Å². The third-order valence-corrected chi connectivity index (χ3v) is 3.91. The zero-order valence-electron chi connectivity index (χ0n) is 10.6. The van der Waals surface area contributed by atoms with Gasteiger partial charge in [-0.3, -0.25) is 0 Å². The van der Waals surface area contributed by atoms with Gasteiger partial charge in [0.2, 0.25) is 0 Å². The summed E-state index contributed by atoms with van der Waals surface area (Å²) in [7, 11) is 0. The van der Waals surface area contributed by atoms with Gasteiger partial charge in [0.25, 0.3) is 0 Å². The number of nitrogens with one attached hydrogen (secondary N) is 1. The van der Waals surface area contributed by atoms with E-state index in [1.165, 1.54) is 4.90 Å². The van der Waals surface area contributed by atoms with Crippen molar-refractivity contribution in [2.45, 2.75) is 19.5 Å². The number of carbonyl (C=O) groups excluding carboxylic acids is 1. The first-order valence-electron chi connectivity index (χ1n) is 5.98. The highest BCUT2D eigenvalue weighted by molar-refractivity contribution is 7.99. The number of furan rings is 1. The zero-order valence-corrected chi connectivity index (χ0v) is 11.4. The Hall–Kier alpha value is -1.63. The Morgan fingerprint density at radius 2 is 2.37 bits per heavy atom. The summed E-state index contributed by atoms with van der Waals surface area (Å²) >= 11 is 1.55. The van der Waals surface area contributed by atoms with Crippen molar-refractivity contribution in [2.75, 3.05) is 18.1 Å². The Balaban J connectivity index is 1.92. The van der Waals surface area contributed by atoms with Gasteiger partial charge in [-0.1, -0.05) is 0 Å². The summed E-state index contributed by atoms with van der Waals surface area (Å²) in [5, 5.41) is 11.8. The van der Waals surface area contributed by atoms with Crippen LogP contribution in [-0.2, 0) is 11.3 Å². The van der Waals surface area contributed by atoms with Crippen molar-refractivity contribution in [3.63, 3.8) is 0 Å². The van der Waals surface area contributed by atoms with Crippen LogP contribution in [-0.4, -0.2) is 46.1 Å². The lowest BCUT2D eigenvalue weighted by molar-refractivity contribution is -0.141. The zero-order chi connectivity index (χ0) is 13.8. The second kappa shape index (κ2) is 6.01. The van der Waals surface area contributed by atoms with Crippen LogP contribution in [0.5, 0.6) is 0 Å². The van der Waals surface area contributed by atoms with Crippen LogP contribution in [0, 0.1) is 6.92 Å². The van der Waals surface area contributed by atoms with Gasteiger partial charge in [-0.25, -0.2) is 9.59 Å². The highest BCUT2D eigenvalue weighted by Crippen LogP contribution is 2.17. The van der Waals surface area contributed by atoms with E-state index >= 15 is 0 Å². The molecule has 0 spiro atoms. The molecular weight excluding hydrogens is 268 g/mol. The second-order valence-electron chi connectivity index (χ2n) is 4.29. The number of urea groups is 1. The first-order valence-corrected chi connectivity index (χ1v) is 7.13. The van der Waals surface area contributed by atoms with Gasteiger partial charge in [0, 0.05) is 18.1 Å². The van der Waals surface area contributed by atoms with Gasteiger partial charge in [0.05, 0.1) is 6.54 Å². The third kappa shape index (κ3) is 3.44. The van der Waals surface area contributed by atoms with Crippen LogP contribution in [0.25, 0.3) is 0 Å². The molecule has 0 aromatic carbocycles. The largest absolute Gasteiger partial charge is 0.480 e. The molecule has 0 saturated carbocycles. The lowest BCUT2D eigenvalue weighted by atomic mass is 10.3. The first-order chi connectivity index (χ1) is 9.08. The van der Waals surface area contributed by atoms with Crippen LogP contribution in [0.3, 0.4) is 0 Å². The van der Waals surface area contributed by atoms with Gasteiger partial charge < -0.3 is 19.7 Å². The highest BCUT2D eigenvalue weighted by atomic mass is 32.2. The van der Waals surface area contributed by atoms with E-state index in [0.29, 0.717) is 18.1 Å². The van der Waals surface area contributed by atoms with E-state index < -0.39 is 12.0 Å². The van der Waals surface area contributed by atoms with Crippen molar-refractivity contribution in [1.29, 1.82) is 0 Å². The minimum atomic E-state index is -0.962. The van der Waals surface area contributed by atoms with Crippen LogP contribution in [0.2, 0.25) is 0 Å². The number of carboxylic acids is 1. The van der Waals surface area contributed by atoms with Crippen molar-refractivity contribution >= 4 is 23.8 Å². The summed E-state index contributed by atoms with van der Waals surface area (Å²) in [5.74, 6) is 1.67. The molecule has 1 aromatic rings. The molecule has 2 amide bonds. The molecule has 0 bridgehead atoms. The van der Waals surface area contributed by atoms with Crippen molar-refractivity contribution < 1.29 is 19.1 Å². The van der Waals surface area contributed by atoms with E-state index in [1.54, 1.807) is 17.8 Å².